The molecule has 27 heavy (non-hydrogen) atoms. The molecule has 3 aromatic carbocycles. The molecule has 5 nitrogen and oxygen atoms in total. The van der Waals surface area contributed by atoms with Crippen molar-refractivity contribution >= 4 is 43.2 Å². The van der Waals surface area contributed by atoms with E-state index < -0.39 is 10.0 Å². The van der Waals surface area contributed by atoms with Crippen LogP contribution in [0.1, 0.15) is 15.9 Å². The van der Waals surface area contributed by atoms with Crippen molar-refractivity contribution in [3.63, 3.8) is 0 Å². The number of carbonyl (C=O) groups is 1. The van der Waals surface area contributed by atoms with Crippen LogP contribution in [0.25, 0.3) is 0 Å². The van der Waals surface area contributed by atoms with Crippen molar-refractivity contribution in [3.05, 3.63) is 88.4 Å². The highest BCUT2D eigenvalue weighted by Crippen LogP contribution is 2.21. The number of benzene rings is 3. The number of sulfonamides is 1. The average Bonchev–Trinajstić information content (AvgIpc) is 2.66. The molecule has 0 heterocycles. The molecule has 1 amide bonds. The summed E-state index contributed by atoms with van der Waals surface area (Å²) in [4.78, 5) is 12.5. The van der Waals surface area contributed by atoms with E-state index in [2.05, 4.69) is 26.0 Å². The van der Waals surface area contributed by atoms with Gasteiger partial charge < -0.3 is 5.32 Å². The van der Waals surface area contributed by atoms with Gasteiger partial charge in [-0.2, -0.15) is 0 Å². The van der Waals surface area contributed by atoms with E-state index >= 15 is 0 Å². The Hall–Kier alpha value is -2.64. The third-order valence-electron chi connectivity index (χ3n) is 3.87. The number of halogens is 1. The topological polar surface area (TPSA) is 75.3 Å². The summed E-state index contributed by atoms with van der Waals surface area (Å²) in [6.45, 7) is 1.94. The molecule has 0 aromatic heterocycles. The fourth-order valence-corrected chi connectivity index (χ4v) is 3.76. The predicted molar refractivity (Wildman–Crippen MR) is 111 cm³/mol. The van der Waals surface area contributed by atoms with Crippen LogP contribution in [0.3, 0.4) is 0 Å². The molecule has 0 saturated heterocycles. The van der Waals surface area contributed by atoms with E-state index in [4.69, 9.17) is 0 Å². The van der Waals surface area contributed by atoms with E-state index in [1.807, 2.05) is 19.1 Å². The van der Waals surface area contributed by atoms with E-state index in [1.54, 1.807) is 48.5 Å². The molecule has 2 N–H and O–H groups in total. The summed E-state index contributed by atoms with van der Waals surface area (Å²) in [6, 6.07) is 19.9. The maximum Gasteiger partial charge on any atom is 0.261 e. The van der Waals surface area contributed by atoms with Gasteiger partial charge in [0.25, 0.3) is 15.9 Å². The van der Waals surface area contributed by atoms with E-state index in [0.29, 0.717) is 16.9 Å². The van der Waals surface area contributed by atoms with Gasteiger partial charge in [0.05, 0.1) is 4.90 Å². The second-order valence-electron chi connectivity index (χ2n) is 5.91. The molecule has 0 spiro atoms. The summed E-state index contributed by atoms with van der Waals surface area (Å²) >= 11 is 3.42. The molecule has 0 radical (unpaired) electrons. The van der Waals surface area contributed by atoms with Gasteiger partial charge in [-0.05, 0) is 67.1 Å². The van der Waals surface area contributed by atoms with Crippen LogP contribution in [-0.4, -0.2) is 14.3 Å². The van der Waals surface area contributed by atoms with E-state index in [0.717, 1.165) is 10.0 Å². The lowest BCUT2D eigenvalue weighted by atomic mass is 10.2. The first-order valence-corrected chi connectivity index (χ1v) is 10.4. The molecule has 7 heteroatoms. The molecule has 138 valence electrons. The fraction of sp³-hybridized carbons (Fsp3) is 0.0500. The summed E-state index contributed by atoms with van der Waals surface area (Å²) in [6.07, 6.45) is 0. The first-order valence-electron chi connectivity index (χ1n) is 8.10. The number of rotatable bonds is 5. The van der Waals surface area contributed by atoms with Crippen LogP contribution >= 0.6 is 15.9 Å². The molecule has 0 bridgehead atoms. The Labute approximate surface area is 166 Å². The maximum atomic E-state index is 12.4. The summed E-state index contributed by atoms with van der Waals surface area (Å²) in [5.41, 5.74) is 2.51. The first kappa shape index (κ1) is 19.1. The zero-order valence-electron chi connectivity index (χ0n) is 14.4. The van der Waals surface area contributed by atoms with E-state index in [9.17, 15) is 13.2 Å². The molecular weight excluding hydrogens is 428 g/mol. The van der Waals surface area contributed by atoms with Crippen LogP contribution in [0.5, 0.6) is 0 Å². The van der Waals surface area contributed by atoms with Crippen LogP contribution in [0.4, 0.5) is 11.4 Å². The highest BCUT2D eigenvalue weighted by Gasteiger charge is 2.14. The second kappa shape index (κ2) is 7.94. The van der Waals surface area contributed by atoms with Crippen LogP contribution < -0.4 is 10.0 Å². The molecule has 0 atom stereocenters. The minimum Gasteiger partial charge on any atom is -0.322 e. The first-order chi connectivity index (χ1) is 12.8. The normalized spacial score (nSPS) is 11.0. The summed E-state index contributed by atoms with van der Waals surface area (Å²) < 4.78 is 28.1. The lowest BCUT2D eigenvalue weighted by Crippen LogP contribution is -2.14. The van der Waals surface area contributed by atoms with Gasteiger partial charge in [-0.15, -0.1) is 0 Å². The molecule has 0 saturated carbocycles. The van der Waals surface area contributed by atoms with Crippen molar-refractivity contribution in [2.24, 2.45) is 0 Å². The molecule has 0 aliphatic heterocycles. The van der Waals surface area contributed by atoms with Crippen molar-refractivity contribution in [2.45, 2.75) is 11.8 Å². The molecule has 3 aromatic rings. The van der Waals surface area contributed by atoms with Crippen molar-refractivity contribution < 1.29 is 13.2 Å². The van der Waals surface area contributed by atoms with Gasteiger partial charge >= 0.3 is 0 Å². The SMILES string of the molecule is Cc1cc(NC(=O)c2ccc(NS(=O)(=O)c3ccccc3)cc2)ccc1Br. The third-order valence-corrected chi connectivity index (χ3v) is 6.16. The number of hydrogen-bond donors (Lipinski definition) is 2. The standard InChI is InChI=1S/C20H17BrN2O3S/c1-14-13-17(11-12-19(14)21)22-20(24)15-7-9-16(10-8-15)23-27(25,26)18-5-3-2-4-6-18/h2-13,23H,1H3,(H,22,24). The Kier molecular flexibility index (Phi) is 5.62. The molecule has 3 rings (SSSR count). The second-order valence-corrected chi connectivity index (χ2v) is 8.45. The number of nitrogens with one attached hydrogen (secondary N) is 2. The van der Waals surface area contributed by atoms with Gasteiger partial charge in [0.15, 0.2) is 0 Å². The summed E-state index contributed by atoms with van der Waals surface area (Å²) in [7, 11) is -3.66. The highest BCUT2D eigenvalue weighted by molar-refractivity contribution is 9.10. The summed E-state index contributed by atoms with van der Waals surface area (Å²) in [5, 5.41) is 2.82. The third kappa shape index (κ3) is 4.75. The van der Waals surface area contributed by atoms with Crippen LogP contribution in [-0.2, 0) is 10.0 Å². The average molecular weight is 445 g/mol. The van der Waals surface area contributed by atoms with Crippen molar-refractivity contribution in [1.29, 1.82) is 0 Å². The number of amides is 1. The Morgan fingerprint density at radius 3 is 2.15 bits per heavy atom. The Morgan fingerprint density at radius 1 is 0.889 bits per heavy atom. The van der Waals surface area contributed by atoms with Crippen molar-refractivity contribution in [1.82, 2.24) is 0 Å². The summed E-state index contributed by atoms with van der Waals surface area (Å²) in [5.74, 6) is -0.269. The Bertz CT molecular complexity index is 1070. The predicted octanol–water partition coefficient (Wildman–Crippen LogP) is 4.81. The Balaban J connectivity index is 1.71. The largest absolute Gasteiger partial charge is 0.322 e. The van der Waals surface area contributed by atoms with Gasteiger partial charge in [-0.3, -0.25) is 9.52 Å². The smallest absolute Gasteiger partial charge is 0.261 e. The van der Waals surface area contributed by atoms with Crippen molar-refractivity contribution in [2.75, 3.05) is 10.0 Å². The minimum atomic E-state index is -3.66. The van der Waals surface area contributed by atoms with E-state index in [1.165, 1.54) is 12.1 Å². The lowest BCUT2D eigenvalue weighted by molar-refractivity contribution is 0.102. The Morgan fingerprint density at radius 2 is 1.52 bits per heavy atom. The van der Waals surface area contributed by atoms with Gasteiger partial charge in [-0.25, -0.2) is 8.42 Å². The maximum absolute atomic E-state index is 12.4. The molecule has 0 aliphatic rings. The monoisotopic (exact) mass is 444 g/mol. The van der Waals surface area contributed by atoms with E-state index in [-0.39, 0.29) is 10.8 Å². The fourth-order valence-electron chi connectivity index (χ4n) is 2.43. The van der Waals surface area contributed by atoms with Crippen LogP contribution in [0.2, 0.25) is 0 Å². The quantitative estimate of drug-likeness (QED) is 0.592. The molecule has 0 unspecified atom stereocenters. The number of anilines is 2. The van der Waals surface area contributed by atoms with Gasteiger partial charge in [0.2, 0.25) is 0 Å². The van der Waals surface area contributed by atoms with Crippen LogP contribution in [0, 0.1) is 6.92 Å². The zero-order valence-corrected chi connectivity index (χ0v) is 16.8. The minimum absolute atomic E-state index is 0.178. The number of carbonyl (C=O) groups excluding carboxylic acids is 1. The highest BCUT2D eigenvalue weighted by atomic mass is 79.9. The van der Waals surface area contributed by atoms with Gasteiger partial charge in [0.1, 0.15) is 0 Å². The van der Waals surface area contributed by atoms with Gasteiger partial charge in [0, 0.05) is 21.4 Å². The zero-order chi connectivity index (χ0) is 19.4. The number of hydrogen-bond acceptors (Lipinski definition) is 3. The molecule has 0 fully saturated rings. The lowest BCUT2D eigenvalue weighted by Gasteiger charge is -2.10. The van der Waals surface area contributed by atoms with Crippen LogP contribution in [0.15, 0.2) is 82.2 Å². The molecular formula is C20H17BrN2O3S. The molecule has 0 aliphatic carbocycles. The number of aryl methyl sites for hydroxylation is 1. The van der Waals surface area contributed by atoms with Crippen molar-refractivity contribution in [3.8, 4) is 0 Å². The van der Waals surface area contributed by atoms with Gasteiger partial charge in [-0.1, -0.05) is 34.1 Å².